The molecule has 2 aliphatic rings. The van der Waals surface area contributed by atoms with Gasteiger partial charge in [0.25, 0.3) is 0 Å². The molecule has 0 aromatic heterocycles. The molecule has 1 atom stereocenters. The van der Waals surface area contributed by atoms with Gasteiger partial charge in [0, 0.05) is 42.9 Å². The second-order valence-corrected chi connectivity index (χ2v) is 20.3. The van der Waals surface area contributed by atoms with E-state index in [0.29, 0.717) is 42.9 Å². The zero-order valence-electron chi connectivity index (χ0n) is 28.6. The minimum Gasteiger partial charge on any atom is -0.444 e. The monoisotopic (exact) mass is 679 g/mol. The summed E-state index contributed by atoms with van der Waals surface area (Å²) >= 11 is 6.75. The maximum atomic E-state index is 16.7. The molecular formula is C37H44ClF2N3O3Si. The van der Waals surface area contributed by atoms with Gasteiger partial charge in [-0.25, -0.2) is 13.6 Å². The molecule has 3 aromatic carbocycles. The summed E-state index contributed by atoms with van der Waals surface area (Å²) in [6.45, 7) is 17.5. The molecule has 1 saturated heterocycles. The van der Waals surface area contributed by atoms with Crippen LogP contribution in [-0.4, -0.2) is 51.2 Å². The highest BCUT2D eigenvalue weighted by Crippen LogP contribution is 2.53. The molecule has 2 heterocycles. The van der Waals surface area contributed by atoms with E-state index in [1.807, 2.05) is 51.1 Å². The molecule has 0 bridgehead atoms. The van der Waals surface area contributed by atoms with Crippen LogP contribution in [0.4, 0.5) is 19.3 Å². The number of carbonyl (C=O) groups is 1. The first-order valence-corrected chi connectivity index (χ1v) is 19.4. The lowest BCUT2D eigenvalue weighted by Crippen LogP contribution is -2.60. The van der Waals surface area contributed by atoms with Gasteiger partial charge in [0.1, 0.15) is 17.2 Å². The van der Waals surface area contributed by atoms with Gasteiger partial charge in [0.2, 0.25) is 0 Å². The van der Waals surface area contributed by atoms with Crippen LogP contribution in [0.3, 0.4) is 0 Å². The molecule has 47 heavy (non-hydrogen) atoms. The first-order chi connectivity index (χ1) is 21.9. The summed E-state index contributed by atoms with van der Waals surface area (Å²) in [6.07, 6.45) is 0.166. The van der Waals surface area contributed by atoms with Crippen molar-refractivity contribution < 1.29 is 22.7 Å². The molecule has 1 fully saturated rings. The van der Waals surface area contributed by atoms with E-state index in [4.69, 9.17) is 20.8 Å². The van der Waals surface area contributed by atoms with Crippen molar-refractivity contribution in [3.63, 3.8) is 0 Å². The Morgan fingerprint density at radius 3 is 2.34 bits per heavy atom. The Labute approximate surface area is 283 Å². The number of piperazine rings is 1. The van der Waals surface area contributed by atoms with Crippen LogP contribution in [0.5, 0.6) is 0 Å². The van der Waals surface area contributed by atoms with Crippen molar-refractivity contribution in [2.75, 3.05) is 31.1 Å². The lowest BCUT2D eigenvalue weighted by Gasteiger charge is -2.48. The summed E-state index contributed by atoms with van der Waals surface area (Å²) in [5.74, 6) is -1.31. The average Bonchev–Trinajstić information content (AvgIpc) is 3.32. The van der Waals surface area contributed by atoms with Crippen molar-refractivity contribution in [1.82, 2.24) is 4.90 Å². The van der Waals surface area contributed by atoms with Crippen LogP contribution < -0.4 is 4.90 Å². The predicted molar refractivity (Wildman–Crippen MR) is 185 cm³/mol. The van der Waals surface area contributed by atoms with Gasteiger partial charge in [0.15, 0.2) is 8.32 Å². The van der Waals surface area contributed by atoms with Crippen LogP contribution in [0.2, 0.25) is 23.2 Å². The highest BCUT2D eigenvalue weighted by Gasteiger charge is 2.51. The first kappa shape index (κ1) is 34.9. The molecule has 1 amide bonds. The van der Waals surface area contributed by atoms with Crippen LogP contribution in [0, 0.1) is 23.0 Å². The Balaban J connectivity index is 1.62. The number of hydrogen-bond acceptors (Lipinski definition) is 5. The van der Waals surface area contributed by atoms with Crippen LogP contribution in [0.15, 0.2) is 48.5 Å². The number of fused-ring (bicyclic) bond motifs is 3. The fourth-order valence-electron chi connectivity index (χ4n) is 6.40. The lowest BCUT2D eigenvalue weighted by molar-refractivity contribution is 0.0164. The van der Waals surface area contributed by atoms with E-state index in [1.165, 1.54) is 6.07 Å². The number of halogens is 3. The lowest BCUT2D eigenvalue weighted by atomic mass is 9.82. The third-order valence-electron chi connectivity index (χ3n) is 9.82. The summed E-state index contributed by atoms with van der Waals surface area (Å²) in [5, 5.41) is 9.92. The van der Waals surface area contributed by atoms with Crippen molar-refractivity contribution in [3.05, 3.63) is 87.4 Å². The van der Waals surface area contributed by atoms with Gasteiger partial charge >= 0.3 is 6.09 Å². The van der Waals surface area contributed by atoms with Crippen LogP contribution >= 0.6 is 11.6 Å². The van der Waals surface area contributed by atoms with Crippen LogP contribution in [-0.2, 0) is 27.5 Å². The normalized spacial score (nSPS) is 18.1. The zero-order chi connectivity index (χ0) is 34.5. The number of hydrogen-bond donors (Lipinski definition) is 0. The molecular weight excluding hydrogens is 636 g/mol. The largest absolute Gasteiger partial charge is 0.444 e. The molecule has 0 aliphatic carbocycles. The molecule has 2 aliphatic heterocycles. The Hall–Kier alpha value is -3.45. The van der Waals surface area contributed by atoms with Gasteiger partial charge in [0.05, 0.1) is 28.7 Å². The van der Waals surface area contributed by atoms with Crippen LogP contribution in [0.1, 0.15) is 63.8 Å². The summed E-state index contributed by atoms with van der Waals surface area (Å²) in [4.78, 5) is 17.1. The fraction of sp³-hybridized carbons (Fsp3) is 0.459. The topological polar surface area (TPSA) is 65.8 Å². The third-order valence-corrected chi connectivity index (χ3v) is 14.7. The van der Waals surface area contributed by atoms with E-state index >= 15 is 8.78 Å². The Kier molecular flexibility index (Phi) is 9.30. The summed E-state index contributed by atoms with van der Waals surface area (Å²) in [7, 11) is -2.08. The molecule has 6 nitrogen and oxygen atoms in total. The minimum atomic E-state index is -2.08. The second kappa shape index (κ2) is 12.5. The maximum absolute atomic E-state index is 16.7. The van der Waals surface area contributed by atoms with Crippen molar-refractivity contribution in [2.45, 2.75) is 83.7 Å². The molecule has 0 radical (unpaired) electrons. The number of rotatable bonds is 6. The standard InChI is InChI=1S/C37H44ClF2N3O3Si/c1-35(2,3)46-34(44)42-17-18-43-29-20-28(39)32(38)31(27(29)21-37(43,23-42)26-12-10-9-11-13-26)30-25(22-41)15-14-24(33(30)40)16-19-45-47(7,8)36(4,5)6/h9-15,20H,16-19,21,23H2,1-8H3. The number of benzene rings is 3. The average molecular weight is 680 g/mol. The van der Waals surface area contributed by atoms with E-state index < -0.39 is 37.2 Å². The van der Waals surface area contributed by atoms with Gasteiger partial charge < -0.3 is 19.0 Å². The molecule has 10 heteroatoms. The van der Waals surface area contributed by atoms with Gasteiger partial charge in [-0.3, -0.25) is 0 Å². The molecule has 0 N–H and O–H groups in total. The van der Waals surface area contributed by atoms with Gasteiger partial charge in [-0.1, -0.05) is 68.8 Å². The summed E-state index contributed by atoms with van der Waals surface area (Å²) < 4.78 is 44.6. The zero-order valence-corrected chi connectivity index (χ0v) is 30.3. The number of ether oxygens (including phenoxy) is 1. The van der Waals surface area contributed by atoms with E-state index in [0.717, 1.165) is 5.56 Å². The Morgan fingerprint density at radius 1 is 1.04 bits per heavy atom. The van der Waals surface area contributed by atoms with Crippen molar-refractivity contribution in [1.29, 1.82) is 5.26 Å². The quantitative estimate of drug-likeness (QED) is 0.243. The number of anilines is 1. The minimum absolute atomic E-state index is 0.00307. The van der Waals surface area contributed by atoms with Gasteiger partial charge in [-0.05, 0) is 74.1 Å². The molecule has 1 unspecified atom stereocenters. The predicted octanol–water partition coefficient (Wildman–Crippen LogP) is 9.23. The smallest absolute Gasteiger partial charge is 0.410 e. The molecule has 5 rings (SSSR count). The summed E-state index contributed by atoms with van der Waals surface area (Å²) in [6, 6.07) is 16.4. The number of nitriles is 1. The molecule has 0 saturated carbocycles. The highest BCUT2D eigenvalue weighted by atomic mass is 35.5. The third kappa shape index (κ3) is 6.52. The number of carbonyl (C=O) groups excluding carboxylic acids is 1. The van der Waals surface area contributed by atoms with Crippen molar-refractivity contribution in [3.8, 4) is 17.2 Å². The number of amides is 1. The highest BCUT2D eigenvalue weighted by molar-refractivity contribution is 6.74. The second-order valence-electron chi connectivity index (χ2n) is 15.1. The molecule has 3 aromatic rings. The van der Waals surface area contributed by atoms with E-state index in [2.05, 4.69) is 44.8 Å². The van der Waals surface area contributed by atoms with Crippen molar-refractivity contribution >= 4 is 31.7 Å². The molecule has 250 valence electrons. The Morgan fingerprint density at radius 2 is 1.72 bits per heavy atom. The van der Waals surface area contributed by atoms with E-state index in [9.17, 15) is 10.1 Å². The van der Waals surface area contributed by atoms with E-state index in [1.54, 1.807) is 17.0 Å². The van der Waals surface area contributed by atoms with Gasteiger partial charge in [-0.15, -0.1) is 0 Å². The van der Waals surface area contributed by atoms with Crippen LogP contribution in [0.25, 0.3) is 11.1 Å². The fourth-order valence-corrected chi connectivity index (χ4v) is 7.71. The van der Waals surface area contributed by atoms with E-state index in [-0.39, 0.29) is 39.7 Å². The number of nitrogens with zero attached hydrogens (tertiary/aromatic N) is 3. The summed E-state index contributed by atoms with van der Waals surface area (Å²) in [5.41, 5.74) is 1.26. The van der Waals surface area contributed by atoms with Gasteiger partial charge in [-0.2, -0.15) is 5.26 Å². The van der Waals surface area contributed by atoms with Crippen molar-refractivity contribution in [2.24, 2.45) is 0 Å². The maximum Gasteiger partial charge on any atom is 0.410 e. The molecule has 0 spiro atoms. The Bertz CT molecular complexity index is 1730. The SMILES string of the molecule is CC(C)(C)OC(=O)N1CCN2c3cc(F)c(Cl)c(-c4c(C#N)ccc(CCO[Si](C)(C)C(C)(C)C)c4F)c3CC2(c2ccccc2)C1. The first-order valence-electron chi connectivity index (χ1n) is 16.1.